The minimum absolute atomic E-state index is 0.386. The molecule has 6 aliphatic carbocycles. The van der Waals surface area contributed by atoms with Crippen LogP contribution in [0.3, 0.4) is 0 Å². The molecular formula is C26H44O. The predicted octanol–water partition coefficient (Wildman–Crippen LogP) is 6.69. The highest BCUT2D eigenvalue weighted by molar-refractivity contribution is 5.15. The summed E-state index contributed by atoms with van der Waals surface area (Å²) in [6.07, 6.45) is 14.1. The van der Waals surface area contributed by atoms with Gasteiger partial charge in [0.1, 0.15) is 0 Å². The molecule has 27 heavy (non-hydrogen) atoms. The van der Waals surface area contributed by atoms with Crippen molar-refractivity contribution in [2.45, 2.75) is 104 Å². The molecule has 0 spiro atoms. The molecule has 6 rings (SSSR count). The first-order valence-corrected chi connectivity index (χ1v) is 12.4. The van der Waals surface area contributed by atoms with Crippen molar-refractivity contribution in [1.82, 2.24) is 0 Å². The van der Waals surface area contributed by atoms with Crippen LogP contribution in [-0.4, -0.2) is 10.7 Å². The zero-order chi connectivity index (χ0) is 19.2. The third kappa shape index (κ3) is 2.58. The second-order valence-electron chi connectivity index (χ2n) is 12.9. The van der Waals surface area contributed by atoms with Crippen molar-refractivity contribution < 1.29 is 5.11 Å². The Balaban J connectivity index is 1.49. The maximum atomic E-state index is 12.3. The zero-order valence-electron chi connectivity index (χ0n) is 18.6. The first-order chi connectivity index (χ1) is 12.7. The molecule has 1 nitrogen and oxygen atoms in total. The van der Waals surface area contributed by atoms with E-state index in [1.54, 1.807) is 0 Å². The van der Waals surface area contributed by atoms with Gasteiger partial charge in [0.15, 0.2) is 0 Å². The second-order valence-corrected chi connectivity index (χ2v) is 12.9. The summed E-state index contributed by atoms with van der Waals surface area (Å²) in [5.74, 6) is 6.44. The van der Waals surface area contributed by atoms with Crippen molar-refractivity contribution in [1.29, 1.82) is 0 Å². The summed E-state index contributed by atoms with van der Waals surface area (Å²) in [7, 11) is 0. The Morgan fingerprint density at radius 1 is 0.852 bits per heavy atom. The Labute approximate surface area is 168 Å². The topological polar surface area (TPSA) is 20.2 Å². The van der Waals surface area contributed by atoms with Crippen molar-refractivity contribution in [3.05, 3.63) is 0 Å². The largest absolute Gasteiger partial charge is 0.390 e. The summed E-state index contributed by atoms with van der Waals surface area (Å²) in [4.78, 5) is 0. The van der Waals surface area contributed by atoms with Crippen LogP contribution >= 0.6 is 0 Å². The van der Waals surface area contributed by atoms with E-state index in [2.05, 4.69) is 34.6 Å². The molecule has 0 aromatic rings. The number of rotatable bonds is 2. The van der Waals surface area contributed by atoms with Crippen molar-refractivity contribution in [3.8, 4) is 0 Å². The quantitative estimate of drug-likeness (QED) is 0.572. The van der Waals surface area contributed by atoms with E-state index in [1.165, 1.54) is 64.2 Å². The average Bonchev–Trinajstić information content (AvgIpc) is 2.58. The summed E-state index contributed by atoms with van der Waals surface area (Å²) in [5, 5.41) is 12.3. The van der Waals surface area contributed by atoms with E-state index in [0.717, 1.165) is 35.5 Å². The molecule has 0 aliphatic heterocycles. The maximum Gasteiger partial charge on any atom is 0.0686 e. The molecule has 0 aromatic carbocycles. The molecule has 0 radical (unpaired) electrons. The lowest BCUT2D eigenvalue weighted by Gasteiger charge is -2.68. The van der Waals surface area contributed by atoms with Crippen LogP contribution in [0.4, 0.5) is 0 Å². The van der Waals surface area contributed by atoms with Gasteiger partial charge in [-0.1, -0.05) is 27.7 Å². The fourth-order valence-electron chi connectivity index (χ4n) is 10.1. The van der Waals surface area contributed by atoms with Crippen molar-refractivity contribution in [2.24, 2.45) is 58.2 Å². The van der Waals surface area contributed by atoms with Gasteiger partial charge in [-0.3, -0.25) is 0 Å². The highest BCUT2D eigenvalue weighted by atomic mass is 16.3. The van der Waals surface area contributed by atoms with Crippen LogP contribution in [-0.2, 0) is 0 Å². The van der Waals surface area contributed by atoms with Gasteiger partial charge in [-0.25, -0.2) is 0 Å². The minimum Gasteiger partial charge on any atom is -0.390 e. The van der Waals surface area contributed by atoms with Gasteiger partial charge in [-0.15, -0.1) is 0 Å². The van der Waals surface area contributed by atoms with Crippen molar-refractivity contribution >= 4 is 0 Å². The molecule has 0 aromatic heterocycles. The molecule has 154 valence electrons. The highest BCUT2D eigenvalue weighted by Crippen LogP contribution is 2.70. The van der Waals surface area contributed by atoms with E-state index in [1.807, 2.05) is 0 Å². The fraction of sp³-hybridized carbons (Fsp3) is 1.00. The van der Waals surface area contributed by atoms with Crippen LogP contribution in [0.15, 0.2) is 0 Å². The molecule has 4 unspecified atom stereocenters. The molecule has 4 bridgehead atoms. The van der Waals surface area contributed by atoms with Gasteiger partial charge in [-0.05, 0) is 129 Å². The number of aliphatic hydroxyl groups is 1. The van der Waals surface area contributed by atoms with E-state index in [9.17, 15) is 5.11 Å². The Morgan fingerprint density at radius 2 is 1.48 bits per heavy atom. The van der Waals surface area contributed by atoms with Gasteiger partial charge in [-0.2, -0.15) is 0 Å². The summed E-state index contributed by atoms with van der Waals surface area (Å²) < 4.78 is 0. The summed E-state index contributed by atoms with van der Waals surface area (Å²) in [5.41, 5.74) is 0.391. The van der Waals surface area contributed by atoms with Crippen LogP contribution in [0.25, 0.3) is 0 Å². The summed E-state index contributed by atoms with van der Waals surface area (Å²) >= 11 is 0. The van der Waals surface area contributed by atoms with Crippen molar-refractivity contribution in [2.75, 3.05) is 0 Å². The molecule has 8 atom stereocenters. The molecule has 0 heterocycles. The number of fused-ring (bicyclic) bond motifs is 1. The van der Waals surface area contributed by atoms with E-state index in [0.29, 0.717) is 22.7 Å². The first-order valence-electron chi connectivity index (χ1n) is 12.4. The normalized spacial score (nSPS) is 59.9. The van der Waals surface area contributed by atoms with Gasteiger partial charge in [0.2, 0.25) is 0 Å². The smallest absolute Gasteiger partial charge is 0.0686 e. The highest BCUT2D eigenvalue weighted by Gasteiger charge is 2.65. The Kier molecular flexibility index (Phi) is 4.21. The maximum absolute atomic E-state index is 12.3. The minimum atomic E-state index is -0.458. The number of hydrogen-bond acceptors (Lipinski definition) is 1. The van der Waals surface area contributed by atoms with Crippen LogP contribution in [0.2, 0.25) is 0 Å². The van der Waals surface area contributed by atoms with Gasteiger partial charge >= 0.3 is 0 Å². The fourth-order valence-corrected chi connectivity index (χ4v) is 10.1. The van der Waals surface area contributed by atoms with E-state index < -0.39 is 5.60 Å². The van der Waals surface area contributed by atoms with Gasteiger partial charge in [0.25, 0.3) is 0 Å². The van der Waals surface area contributed by atoms with Crippen LogP contribution in [0.1, 0.15) is 98.8 Å². The molecule has 1 N–H and O–H groups in total. The monoisotopic (exact) mass is 372 g/mol. The average molecular weight is 373 g/mol. The van der Waals surface area contributed by atoms with E-state index in [-0.39, 0.29) is 0 Å². The lowest BCUT2D eigenvalue weighted by molar-refractivity contribution is -0.237. The molecule has 6 saturated carbocycles. The molecule has 1 heteroatoms. The first kappa shape index (κ1) is 19.0. The van der Waals surface area contributed by atoms with E-state index in [4.69, 9.17) is 0 Å². The molecule has 0 saturated heterocycles. The molecular weight excluding hydrogens is 328 g/mol. The summed E-state index contributed by atoms with van der Waals surface area (Å²) in [6.45, 7) is 12.2. The van der Waals surface area contributed by atoms with Crippen LogP contribution in [0.5, 0.6) is 0 Å². The third-order valence-corrected chi connectivity index (χ3v) is 11.4. The molecule has 6 fully saturated rings. The second kappa shape index (κ2) is 5.99. The molecule has 6 aliphatic rings. The van der Waals surface area contributed by atoms with Crippen molar-refractivity contribution in [3.63, 3.8) is 0 Å². The lowest BCUT2D eigenvalue weighted by atomic mass is 9.37. The van der Waals surface area contributed by atoms with Gasteiger partial charge in [0.05, 0.1) is 5.60 Å². The lowest BCUT2D eigenvalue weighted by Crippen LogP contribution is -2.65. The van der Waals surface area contributed by atoms with Crippen LogP contribution < -0.4 is 0 Å². The standard InChI is InChI=1S/C26H44O/c1-16(2)20-6-8-24(4)9-7-22(25(5,27)23(24)13-20)26-14-18-10-19(15-26)12-21(11-18)17(26)3/h16-23,27H,6-15H2,1-5H3/t17?,18?,19?,20-,21?,22?,23+,24-,25+,26?/m1/s1. The predicted molar refractivity (Wildman–Crippen MR) is 112 cm³/mol. The van der Waals surface area contributed by atoms with Crippen LogP contribution in [0, 0.1) is 58.2 Å². The Bertz CT molecular complexity index is 577. The summed E-state index contributed by atoms with van der Waals surface area (Å²) in [6, 6.07) is 0. The van der Waals surface area contributed by atoms with Gasteiger partial charge < -0.3 is 5.11 Å². The SMILES string of the molecule is CC(C)[C@@H]1CC[C@]2(C)CCC(C34CC5CC(CC(C5)C3C)C4)[C@](C)(O)[C@H]2C1. The third-order valence-electron chi connectivity index (χ3n) is 11.4. The Hall–Kier alpha value is -0.0400. The molecule has 0 amide bonds. The zero-order valence-corrected chi connectivity index (χ0v) is 18.6. The van der Waals surface area contributed by atoms with Gasteiger partial charge in [0, 0.05) is 0 Å². The Morgan fingerprint density at radius 3 is 2.11 bits per heavy atom. The van der Waals surface area contributed by atoms with E-state index >= 15 is 0 Å². The number of hydrogen-bond donors (Lipinski definition) is 1.